The largest absolute Gasteiger partial charge is 0.281 e. The van der Waals surface area contributed by atoms with Crippen LogP contribution in [0.2, 0.25) is 0 Å². The van der Waals surface area contributed by atoms with Crippen LogP contribution in [-0.2, 0) is 0 Å². The molecule has 0 spiro atoms. The molecule has 0 saturated heterocycles. The zero-order valence-electron chi connectivity index (χ0n) is 12.4. The van der Waals surface area contributed by atoms with Crippen LogP contribution >= 0.6 is 181 Å². The predicted octanol–water partition coefficient (Wildman–Crippen LogP) is 11.7. The highest BCUT2D eigenvalue weighted by Gasteiger charge is 2.27. The number of carbonyl (C=O) groups excluding carboxylic acids is 2. The highest BCUT2D eigenvalue weighted by molar-refractivity contribution is 9.16. The van der Waals surface area contributed by atoms with Crippen molar-refractivity contribution in [2.75, 3.05) is 0 Å². The van der Waals surface area contributed by atoms with Gasteiger partial charge in [-0.2, -0.15) is 0 Å². The van der Waals surface area contributed by atoms with Crippen molar-refractivity contribution in [1.82, 2.24) is 0 Å². The molecule has 0 fully saturated rings. The van der Waals surface area contributed by atoms with Crippen molar-refractivity contribution < 1.29 is 9.59 Å². The molecule has 0 unspecified atom stereocenters. The van der Waals surface area contributed by atoms with E-state index in [1.54, 1.807) is 0 Å². The Hall–Kier alpha value is 3.28. The van der Waals surface area contributed by atoms with Crippen LogP contribution < -0.4 is 0 Å². The molecular weight excluding hydrogens is 1060 g/mol. The topological polar surface area (TPSA) is 34.1 Å². The molecule has 0 radical (unpaired) electrons. The summed E-state index contributed by atoms with van der Waals surface area (Å²) in [6, 6.07) is 0. The fraction of sp³-hybridized carbons (Fsp3) is 0. The highest BCUT2D eigenvalue weighted by atomic mass is 79.9. The summed E-state index contributed by atoms with van der Waals surface area (Å²) in [5.74, 6) is 0. The van der Waals surface area contributed by atoms with Crippen LogP contribution in [0, 0.1) is 0 Å². The van der Waals surface area contributed by atoms with Gasteiger partial charge < -0.3 is 0 Å². The van der Waals surface area contributed by atoms with Gasteiger partial charge in [0.1, 0.15) is 0 Å². The summed E-state index contributed by atoms with van der Waals surface area (Å²) in [5.41, 5.74) is 0.812. The average Bonchev–Trinajstić information content (AvgIpc) is 2.66. The quantitative estimate of drug-likeness (QED) is 0.171. The first-order valence-electron chi connectivity index (χ1n) is 6.37. The van der Waals surface area contributed by atoms with E-state index in [-0.39, 0.29) is 10.2 Å². The summed E-state index contributed by atoms with van der Waals surface area (Å²) in [5, 5.41) is -0.568. The second kappa shape index (κ2) is 11.6. The van der Waals surface area contributed by atoms with E-state index >= 15 is 0 Å². The summed E-state index contributed by atoms with van der Waals surface area (Å²) in [6.07, 6.45) is 0. The minimum absolute atomic E-state index is 0.284. The molecule has 0 N–H and O–H groups in total. The Morgan fingerprint density at radius 3 is 0.786 bits per heavy atom. The first-order chi connectivity index (χ1) is 12.9. The van der Waals surface area contributed by atoms with Gasteiger partial charge in [-0.05, 0) is 181 Å². The van der Waals surface area contributed by atoms with Gasteiger partial charge in [0, 0.05) is 44.7 Å². The van der Waals surface area contributed by atoms with E-state index in [1.165, 1.54) is 0 Å². The Balaban J connectivity index is 2.34. The number of halogens is 10. The second-order valence-electron chi connectivity index (χ2n) is 4.63. The zero-order valence-corrected chi connectivity index (χ0v) is 29.9. The lowest BCUT2D eigenvalue weighted by atomic mass is 10.2. The van der Waals surface area contributed by atoms with Gasteiger partial charge in [-0.25, -0.2) is 0 Å². The molecule has 0 saturated carbocycles. The summed E-state index contributed by atoms with van der Waals surface area (Å²) in [4.78, 5) is 25.6. The molecule has 14 heteroatoms. The molecular formula is C14Br10O2S2. The van der Waals surface area contributed by atoms with Gasteiger partial charge in [-0.3, -0.25) is 9.59 Å². The van der Waals surface area contributed by atoms with E-state index < -0.39 is 0 Å². The second-order valence-corrected chi connectivity index (χ2v) is 14.6. The fourth-order valence-corrected chi connectivity index (χ4v) is 10.7. The normalized spacial score (nSPS) is 11.1. The molecule has 0 aliphatic heterocycles. The minimum atomic E-state index is -0.284. The smallest absolute Gasteiger partial charge is 0.232 e. The van der Waals surface area contributed by atoms with Crippen LogP contribution in [-0.4, -0.2) is 10.2 Å². The first kappa shape index (κ1) is 27.5. The van der Waals surface area contributed by atoms with E-state index in [1.807, 2.05) is 0 Å². The first-order valence-corrected chi connectivity index (χ1v) is 16.5. The average molecular weight is 1060 g/mol. The Bertz CT molecular complexity index is 885. The van der Waals surface area contributed by atoms with Crippen LogP contribution in [0.1, 0.15) is 20.7 Å². The summed E-state index contributed by atoms with van der Waals surface area (Å²) in [7, 11) is 1.69. The third-order valence-corrected chi connectivity index (χ3v) is 17.2. The summed E-state index contributed by atoms with van der Waals surface area (Å²) < 4.78 is 6.59. The molecule has 2 aromatic carbocycles. The monoisotopic (exact) mass is 1050 g/mol. The SMILES string of the molecule is O=C(SSC(=O)c1c(Br)c(Br)c(Br)c(Br)c1Br)c1c(Br)c(Br)c(Br)c(Br)c1Br. The third kappa shape index (κ3) is 5.67. The standard InChI is InChI=1S/C14Br10O2S2/c15-3-1(4(16)8(20)11(23)7(3)19)13(25)27-28-14(26)2-5(17)9(21)12(24)10(22)6(2)18. The lowest BCUT2D eigenvalue weighted by Crippen LogP contribution is -2.01. The minimum Gasteiger partial charge on any atom is -0.281 e. The maximum atomic E-state index is 12.8. The Labute approximate surface area is 252 Å². The molecule has 0 aromatic heterocycles. The van der Waals surface area contributed by atoms with Crippen LogP contribution in [0.3, 0.4) is 0 Å². The van der Waals surface area contributed by atoms with Gasteiger partial charge >= 0.3 is 0 Å². The number of hydrogen-bond acceptors (Lipinski definition) is 4. The lowest BCUT2D eigenvalue weighted by molar-refractivity contribution is 0.107. The molecule has 0 atom stereocenters. The van der Waals surface area contributed by atoms with Crippen LogP contribution in [0.5, 0.6) is 0 Å². The molecule has 28 heavy (non-hydrogen) atoms. The summed E-state index contributed by atoms with van der Waals surface area (Å²) in [6.45, 7) is 0. The zero-order chi connectivity index (χ0) is 21.5. The highest BCUT2D eigenvalue weighted by Crippen LogP contribution is 2.49. The molecule has 0 heterocycles. The van der Waals surface area contributed by atoms with E-state index in [0.29, 0.717) is 46.9 Å². The third-order valence-electron chi connectivity index (χ3n) is 3.02. The van der Waals surface area contributed by atoms with E-state index in [9.17, 15) is 9.59 Å². The van der Waals surface area contributed by atoms with Gasteiger partial charge in [-0.15, -0.1) is 0 Å². The number of benzene rings is 2. The van der Waals surface area contributed by atoms with Gasteiger partial charge in [-0.1, -0.05) is 0 Å². The van der Waals surface area contributed by atoms with Gasteiger partial charge in [0.25, 0.3) is 0 Å². The van der Waals surface area contributed by atoms with Gasteiger partial charge in [0.15, 0.2) is 0 Å². The van der Waals surface area contributed by atoms with Crippen molar-refractivity contribution in [2.45, 2.75) is 0 Å². The molecule has 150 valence electrons. The number of hydrogen-bond donors (Lipinski definition) is 0. The Morgan fingerprint density at radius 2 is 0.571 bits per heavy atom. The maximum Gasteiger partial charge on any atom is 0.232 e. The Morgan fingerprint density at radius 1 is 0.393 bits per heavy atom. The number of rotatable bonds is 2. The van der Waals surface area contributed by atoms with Crippen molar-refractivity contribution in [2.24, 2.45) is 0 Å². The van der Waals surface area contributed by atoms with Crippen molar-refractivity contribution >= 4 is 191 Å². The molecule has 2 nitrogen and oxygen atoms in total. The fourth-order valence-electron chi connectivity index (χ4n) is 1.73. The van der Waals surface area contributed by atoms with Crippen molar-refractivity contribution in [3.63, 3.8) is 0 Å². The molecule has 0 bridgehead atoms. The van der Waals surface area contributed by atoms with Crippen LogP contribution in [0.15, 0.2) is 44.7 Å². The van der Waals surface area contributed by atoms with E-state index in [2.05, 4.69) is 159 Å². The number of carbonyl (C=O) groups is 2. The Kier molecular flexibility index (Phi) is 11.4. The van der Waals surface area contributed by atoms with E-state index in [0.717, 1.165) is 30.5 Å². The summed E-state index contributed by atoms with van der Waals surface area (Å²) >= 11 is 34.3. The van der Waals surface area contributed by atoms with Crippen molar-refractivity contribution in [3.05, 3.63) is 55.9 Å². The molecule has 2 aromatic rings. The van der Waals surface area contributed by atoms with Gasteiger partial charge in [0.05, 0.1) is 11.1 Å². The van der Waals surface area contributed by atoms with Crippen molar-refractivity contribution in [3.8, 4) is 0 Å². The molecule has 0 amide bonds. The molecule has 0 aliphatic carbocycles. The van der Waals surface area contributed by atoms with Crippen LogP contribution in [0.25, 0.3) is 0 Å². The molecule has 0 aliphatic rings. The van der Waals surface area contributed by atoms with Crippen molar-refractivity contribution in [1.29, 1.82) is 0 Å². The lowest BCUT2D eigenvalue weighted by Gasteiger charge is -2.13. The predicted molar refractivity (Wildman–Crippen MR) is 154 cm³/mol. The van der Waals surface area contributed by atoms with E-state index in [4.69, 9.17) is 0 Å². The molecule has 2 rings (SSSR count). The van der Waals surface area contributed by atoms with Crippen LogP contribution in [0.4, 0.5) is 0 Å². The van der Waals surface area contributed by atoms with Gasteiger partial charge in [0.2, 0.25) is 10.2 Å². The maximum absolute atomic E-state index is 12.8.